The van der Waals surface area contributed by atoms with Gasteiger partial charge in [0.1, 0.15) is 0 Å². The predicted octanol–water partition coefficient (Wildman–Crippen LogP) is 2.25. The van der Waals surface area contributed by atoms with Crippen molar-refractivity contribution in [1.29, 1.82) is 0 Å². The van der Waals surface area contributed by atoms with E-state index in [-0.39, 0.29) is 0 Å². The third kappa shape index (κ3) is 4.44. The molecule has 4 heteroatoms. The molecule has 0 saturated heterocycles. The summed E-state index contributed by atoms with van der Waals surface area (Å²) in [6.45, 7) is 9.15. The van der Waals surface area contributed by atoms with E-state index in [4.69, 9.17) is 4.74 Å². The van der Waals surface area contributed by atoms with Crippen LogP contribution in [0.5, 0.6) is 5.88 Å². The first-order valence-electron chi connectivity index (χ1n) is 5.06. The molecular weight excluding hydrogens is 190 g/mol. The zero-order valence-corrected chi connectivity index (χ0v) is 9.29. The lowest BCUT2D eigenvalue weighted by molar-refractivity contribution is 0.305. The molecule has 0 fully saturated rings. The van der Waals surface area contributed by atoms with E-state index in [2.05, 4.69) is 28.8 Å². The normalized spacial score (nSPS) is 9.73. The number of aromatic nitrogens is 2. The average Bonchev–Trinajstić information content (AvgIpc) is 2.24. The third-order valence-corrected chi connectivity index (χ3v) is 1.63. The van der Waals surface area contributed by atoms with Gasteiger partial charge in [-0.05, 0) is 13.3 Å². The van der Waals surface area contributed by atoms with Crippen LogP contribution in [0.4, 0.5) is 5.95 Å². The predicted molar refractivity (Wildman–Crippen MR) is 61.1 cm³/mol. The van der Waals surface area contributed by atoms with E-state index in [9.17, 15) is 0 Å². The van der Waals surface area contributed by atoms with Crippen molar-refractivity contribution < 1.29 is 4.74 Å². The number of anilines is 1. The molecule has 82 valence electrons. The summed E-state index contributed by atoms with van der Waals surface area (Å²) in [6.07, 6.45) is 2.65. The molecule has 0 atom stereocenters. The van der Waals surface area contributed by atoms with Crippen molar-refractivity contribution in [1.82, 2.24) is 9.97 Å². The molecule has 1 aromatic heterocycles. The molecule has 0 aliphatic heterocycles. The Bertz CT molecular complexity index is 325. The fraction of sp³-hybridized carbons (Fsp3) is 0.455. The van der Waals surface area contributed by atoms with E-state index in [0.717, 1.165) is 12.0 Å². The highest BCUT2D eigenvalue weighted by Gasteiger charge is 1.98. The summed E-state index contributed by atoms with van der Waals surface area (Å²) in [4.78, 5) is 8.27. The molecule has 0 unspecified atom stereocenters. The van der Waals surface area contributed by atoms with Crippen LogP contribution in [-0.4, -0.2) is 23.1 Å². The molecule has 1 heterocycles. The maximum absolute atomic E-state index is 5.39. The molecule has 1 aromatic rings. The second-order valence-corrected chi connectivity index (χ2v) is 3.38. The highest BCUT2D eigenvalue weighted by atomic mass is 16.5. The van der Waals surface area contributed by atoms with Gasteiger partial charge < -0.3 is 10.1 Å². The van der Waals surface area contributed by atoms with Gasteiger partial charge in [0.2, 0.25) is 11.8 Å². The molecule has 0 aliphatic rings. The van der Waals surface area contributed by atoms with Gasteiger partial charge in [-0.2, -0.15) is 4.98 Å². The van der Waals surface area contributed by atoms with Crippen LogP contribution in [-0.2, 0) is 0 Å². The van der Waals surface area contributed by atoms with Crippen LogP contribution in [0.1, 0.15) is 20.3 Å². The Morgan fingerprint density at radius 3 is 3.07 bits per heavy atom. The lowest BCUT2D eigenvalue weighted by atomic mass is 10.3. The van der Waals surface area contributed by atoms with Crippen LogP contribution in [0, 0.1) is 0 Å². The SMILES string of the molecule is C=C(C)CNc1nccc(OCCC)n1. The third-order valence-electron chi connectivity index (χ3n) is 1.63. The van der Waals surface area contributed by atoms with Gasteiger partial charge in [-0.3, -0.25) is 0 Å². The van der Waals surface area contributed by atoms with Gasteiger partial charge in [-0.25, -0.2) is 4.98 Å². The summed E-state index contributed by atoms with van der Waals surface area (Å²) < 4.78 is 5.39. The van der Waals surface area contributed by atoms with Crippen molar-refractivity contribution in [2.45, 2.75) is 20.3 Å². The number of nitrogens with one attached hydrogen (secondary N) is 1. The maximum atomic E-state index is 5.39. The lowest BCUT2D eigenvalue weighted by Gasteiger charge is -2.06. The van der Waals surface area contributed by atoms with E-state index in [1.807, 2.05) is 6.92 Å². The lowest BCUT2D eigenvalue weighted by Crippen LogP contribution is -2.07. The van der Waals surface area contributed by atoms with Crippen LogP contribution in [0.15, 0.2) is 24.4 Å². The number of hydrogen-bond donors (Lipinski definition) is 1. The molecule has 1 rings (SSSR count). The van der Waals surface area contributed by atoms with Crippen LogP contribution in [0.2, 0.25) is 0 Å². The van der Waals surface area contributed by atoms with Crippen molar-refractivity contribution in [2.75, 3.05) is 18.5 Å². The molecule has 15 heavy (non-hydrogen) atoms. The van der Waals surface area contributed by atoms with Crippen LogP contribution in [0.25, 0.3) is 0 Å². The Morgan fingerprint density at radius 2 is 2.40 bits per heavy atom. The quantitative estimate of drug-likeness (QED) is 0.727. The summed E-state index contributed by atoms with van der Waals surface area (Å²) in [5.74, 6) is 1.18. The number of ether oxygens (including phenoxy) is 1. The van der Waals surface area contributed by atoms with Crippen molar-refractivity contribution in [2.24, 2.45) is 0 Å². The van der Waals surface area contributed by atoms with Gasteiger partial charge in [-0.1, -0.05) is 19.1 Å². The van der Waals surface area contributed by atoms with E-state index in [1.165, 1.54) is 0 Å². The topological polar surface area (TPSA) is 47.0 Å². The Kier molecular flexibility index (Phi) is 4.60. The Hall–Kier alpha value is -1.58. The molecule has 4 nitrogen and oxygen atoms in total. The molecule has 0 spiro atoms. The minimum Gasteiger partial charge on any atom is -0.478 e. The van der Waals surface area contributed by atoms with Crippen LogP contribution in [0.3, 0.4) is 0 Å². The Balaban J connectivity index is 2.53. The smallest absolute Gasteiger partial charge is 0.226 e. The molecule has 0 bridgehead atoms. The van der Waals surface area contributed by atoms with Gasteiger partial charge in [0.15, 0.2) is 0 Å². The average molecular weight is 207 g/mol. The molecule has 0 saturated carbocycles. The number of hydrogen-bond acceptors (Lipinski definition) is 4. The van der Waals surface area contributed by atoms with E-state index < -0.39 is 0 Å². The highest BCUT2D eigenvalue weighted by molar-refractivity contribution is 5.29. The maximum Gasteiger partial charge on any atom is 0.226 e. The van der Waals surface area contributed by atoms with Crippen molar-refractivity contribution in [3.05, 3.63) is 24.4 Å². The zero-order chi connectivity index (χ0) is 11.1. The zero-order valence-electron chi connectivity index (χ0n) is 9.29. The van der Waals surface area contributed by atoms with Crippen molar-refractivity contribution in [3.63, 3.8) is 0 Å². The van der Waals surface area contributed by atoms with E-state index >= 15 is 0 Å². The summed E-state index contributed by atoms with van der Waals surface area (Å²) in [6, 6.07) is 1.75. The minimum absolute atomic E-state index is 0.576. The molecule has 1 N–H and O–H groups in total. The van der Waals surface area contributed by atoms with Gasteiger partial charge in [0.25, 0.3) is 0 Å². The summed E-state index contributed by atoms with van der Waals surface area (Å²) >= 11 is 0. The summed E-state index contributed by atoms with van der Waals surface area (Å²) in [5, 5.41) is 3.06. The van der Waals surface area contributed by atoms with E-state index in [1.54, 1.807) is 12.3 Å². The molecular formula is C11H17N3O. The molecule has 0 aromatic carbocycles. The largest absolute Gasteiger partial charge is 0.478 e. The summed E-state index contributed by atoms with van der Waals surface area (Å²) in [7, 11) is 0. The first-order valence-corrected chi connectivity index (χ1v) is 5.06. The first kappa shape index (κ1) is 11.5. The molecule has 0 radical (unpaired) electrons. The number of nitrogens with zero attached hydrogens (tertiary/aromatic N) is 2. The molecule has 0 amide bonds. The Labute approximate surface area is 90.4 Å². The van der Waals surface area contributed by atoms with Crippen molar-refractivity contribution in [3.8, 4) is 5.88 Å². The van der Waals surface area contributed by atoms with Crippen LogP contribution < -0.4 is 10.1 Å². The van der Waals surface area contributed by atoms with Crippen LogP contribution >= 0.6 is 0 Å². The van der Waals surface area contributed by atoms with Gasteiger partial charge in [-0.15, -0.1) is 0 Å². The number of rotatable bonds is 6. The second-order valence-electron chi connectivity index (χ2n) is 3.38. The second kappa shape index (κ2) is 6.01. The van der Waals surface area contributed by atoms with Crippen molar-refractivity contribution >= 4 is 5.95 Å². The first-order chi connectivity index (χ1) is 7.22. The van der Waals surface area contributed by atoms with Gasteiger partial charge in [0.05, 0.1) is 6.61 Å². The van der Waals surface area contributed by atoms with Gasteiger partial charge in [0, 0.05) is 18.8 Å². The fourth-order valence-corrected chi connectivity index (χ4v) is 0.944. The van der Waals surface area contributed by atoms with Gasteiger partial charge >= 0.3 is 0 Å². The summed E-state index contributed by atoms with van der Waals surface area (Å²) in [5.41, 5.74) is 1.04. The highest BCUT2D eigenvalue weighted by Crippen LogP contribution is 2.08. The minimum atomic E-state index is 0.576. The standard InChI is InChI=1S/C11H17N3O/c1-4-7-15-10-5-6-12-11(14-10)13-8-9(2)3/h5-6H,2,4,7-8H2,1,3H3,(H,12,13,14). The molecule has 0 aliphatic carbocycles. The fourth-order valence-electron chi connectivity index (χ4n) is 0.944. The van der Waals surface area contributed by atoms with E-state index in [0.29, 0.717) is 25.0 Å². The monoisotopic (exact) mass is 207 g/mol. The Morgan fingerprint density at radius 1 is 1.60 bits per heavy atom.